The molecule has 0 aromatic rings. The van der Waals surface area contributed by atoms with E-state index in [0.29, 0.717) is 17.4 Å². The lowest BCUT2D eigenvalue weighted by Crippen LogP contribution is -2.49. The van der Waals surface area contributed by atoms with Crippen molar-refractivity contribution in [1.29, 1.82) is 0 Å². The molecule has 1 saturated carbocycles. The molecule has 1 atom stereocenters. The summed E-state index contributed by atoms with van der Waals surface area (Å²) in [6.07, 6.45) is 6.79. The molecule has 0 aromatic heterocycles. The fourth-order valence-corrected chi connectivity index (χ4v) is 3.69. The lowest BCUT2D eigenvalue weighted by Gasteiger charge is -2.41. The molecule has 0 bridgehead atoms. The zero-order valence-electron chi connectivity index (χ0n) is 13.1. The van der Waals surface area contributed by atoms with E-state index in [1.165, 1.54) is 25.7 Å². The van der Waals surface area contributed by atoms with Crippen LogP contribution in [-0.4, -0.2) is 37.0 Å². The molecule has 1 heterocycles. The predicted molar refractivity (Wildman–Crippen MR) is 79.0 cm³/mol. The number of nitrogens with zero attached hydrogens (tertiary/aromatic N) is 1. The molecule has 2 aliphatic rings. The van der Waals surface area contributed by atoms with E-state index < -0.39 is 0 Å². The lowest BCUT2D eigenvalue weighted by molar-refractivity contribution is -0.143. The molecule has 1 N–H and O–H groups in total. The first-order chi connectivity index (χ1) is 8.90. The van der Waals surface area contributed by atoms with Gasteiger partial charge in [-0.3, -0.25) is 4.79 Å². The van der Waals surface area contributed by atoms with Gasteiger partial charge in [0.05, 0.1) is 5.41 Å². The summed E-state index contributed by atoms with van der Waals surface area (Å²) >= 11 is 0. The SMILES string of the molecule is CCC1(C(=O)N(C)C2CCC(C)(C)CC2)CCNC1. The molecule has 110 valence electrons. The van der Waals surface area contributed by atoms with Crippen molar-refractivity contribution < 1.29 is 4.79 Å². The van der Waals surface area contributed by atoms with E-state index in [1.807, 2.05) is 7.05 Å². The normalized spacial score (nSPS) is 31.4. The summed E-state index contributed by atoms with van der Waals surface area (Å²) in [6.45, 7) is 8.71. The van der Waals surface area contributed by atoms with Crippen molar-refractivity contribution in [2.75, 3.05) is 20.1 Å². The Labute approximate surface area is 118 Å². The van der Waals surface area contributed by atoms with Crippen LogP contribution in [0.25, 0.3) is 0 Å². The largest absolute Gasteiger partial charge is 0.342 e. The van der Waals surface area contributed by atoms with Crippen LogP contribution >= 0.6 is 0 Å². The summed E-state index contributed by atoms with van der Waals surface area (Å²) in [6, 6.07) is 0.463. The maximum Gasteiger partial charge on any atom is 0.230 e. The summed E-state index contributed by atoms with van der Waals surface area (Å²) in [7, 11) is 2.03. The van der Waals surface area contributed by atoms with Crippen LogP contribution < -0.4 is 5.32 Å². The molecule has 1 aliphatic heterocycles. The van der Waals surface area contributed by atoms with Gasteiger partial charge in [0, 0.05) is 19.6 Å². The Morgan fingerprint density at radius 2 is 1.89 bits per heavy atom. The van der Waals surface area contributed by atoms with E-state index >= 15 is 0 Å². The van der Waals surface area contributed by atoms with Crippen molar-refractivity contribution >= 4 is 5.91 Å². The Kier molecular flexibility index (Phi) is 4.24. The maximum absolute atomic E-state index is 12.8. The number of nitrogens with one attached hydrogen (secondary N) is 1. The van der Waals surface area contributed by atoms with Crippen molar-refractivity contribution in [3.8, 4) is 0 Å². The smallest absolute Gasteiger partial charge is 0.230 e. The fourth-order valence-electron chi connectivity index (χ4n) is 3.69. The van der Waals surface area contributed by atoms with Crippen molar-refractivity contribution in [2.45, 2.75) is 65.3 Å². The zero-order valence-corrected chi connectivity index (χ0v) is 13.1. The summed E-state index contributed by atoms with van der Waals surface area (Å²) in [5.41, 5.74) is 0.347. The van der Waals surface area contributed by atoms with E-state index in [2.05, 4.69) is 31.0 Å². The van der Waals surface area contributed by atoms with E-state index in [0.717, 1.165) is 25.9 Å². The molecule has 1 saturated heterocycles. The van der Waals surface area contributed by atoms with Crippen LogP contribution in [-0.2, 0) is 4.79 Å². The molecule has 1 aliphatic carbocycles. The summed E-state index contributed by atoms with van der Waals surface area (Å²) in [5, 5.41) is 3.37. The van der Waals surface area contributed by atoms with Crippen LogP contribution in [0.2, 0.25) is 0 Å². The van der Waals surface area contributed by atoms with Gasteiger partial charge in [-0.15, -0.1) is 0 Å². The number of rotatable bonds is 3. The van der Waals surface area contributed by atoms with Gasteiger partial charge in [0.25, 0.3) is 0 Å². The van der Waals surface area contributed by atoms with E-state index in [-0.39, 0.29) is 5.41 Å². The summed E-state index contributed by atoms with van der Waals surface area (Å²) < 4.78 is 0. The molecule has 2 rings (SSSR count). The van der Waals surface area contributed by atoms with E-state index in [9.17, 15) is 4.79 Å². The average Bonchev–Trinajstić information content (AvgIpc) is 2.87. The van der Waals surface area contributed by atoms with E-state index in [1.54, 1.807) is 0 Å². The lowest BCUT2D eigenvalue weighted by atomic mass is 9.74. The van der Waals surface area contributed by atoms with Crippen LogP contribution in [0, 0.1) is 10.8 Å². The topological polar surface area (TPSA) is 32.3 Å². The second kappa shape index (κ2) is 5.43. The van der Waals surface area contributed by atoms with Crippen molar-refractivity contribution in [3.05, 3.63) is 0 Å². The van der Waals surface area contributed by atoms with Crippen molar-refractivity contribution in [2.24, 2.45) is 10.8 Å². The minimum absolute atomic E-state index is 0.123. The van der Waals surface area contributed by atoms with Gasteiger partial charge in [0.2, 0.25) is 5.91 Å². The minimum Gasteiger partial charge on any atom is -0.342 e. The predicted octanol–water partition coefficient (Wildman–Crippen LogP) is 2.80. The van der Waals surface area contributed by atoms with Gasteiger partial charge in [-0.05, 0) is 50.5 Å². The highest BCUT2D eigenvalue weighted by molar-refractivity contribution is 5.83. The van der Waals surface area contributed by atoms with Crippen molar-refractivity contribution in [3.63, 3.8) is 0 Å². The van der Waals surface area contributed by atoms with Gasteiger partial charge in [0.15, 0.2) is 0 Å². The second-order valence-electron chi connectivity index (χ2n) is 7.37. The van der Waals surface area contributed by atoms with Gasteiger partial charge in [-0.1, -0.05) is 20.8 Å². The highest BCUT2D eigenvalue weighted by atomic mass is 16.2. The van der Waals surface area contributed by atoms with Gasteiger partial charge < -0.3 is 10.2 Å². The Morgan fingerprint density at radius 3 is 2.37 bits per heavy atom. The number of carbonyl (C=O) groups excluding carboxylic acids is 1. The van der Waals surface area contributed by atoms with Gasteiger partial charge in [-0.25, -0.2) is 0 Å². The molecule has 1 unspecified atom stereocenters. The first kappa shape index (κ1) is 14.8. The highest BCUT2D eigenvalue weighted by Gasteiger charge is 2.43. The molecule has 0 aromatic carbocycles. The molecule has 3 heteroatoms. The van der Waals surface area contributed by atoms with Gasteiger partial charge in [0.1, 0.15) is 0 Å². The third-order valence-electron chi connectivity index (χ3n) is 5.55. The highest BCUT2D eigenvalue weighted by Crippen LogP contribution is 2.39. The molecule has 1 amide bonds. The minimum atomic E-state index is -0.123. The zero-order chi connectivity index (χ0) is 14.1. The third kappa shape index (κ3) is 2.96. The fraction of sp³-hybridized carbons (Fsp3) is 0.938. The Hall–Kier alpha value is -0.570. The summed E-state index contributed by atoms with van der Waals surface area (Å²) in [5.74, 6) is 0.379. The molecule has 3 nitrogen and oxygen atoms in total. The first-order valence-electron chi connectivity index (χ1n) is 7.88. The quantitative estimate of drug-likeness (QED) is 0.852. The van der Waals surface area contributed by atoms with Crippen LogP contribution in [0.5, 0.6) is 0 Å². The van der Waals surface area contributed by atoms with Crippen molar-refractivity contribution in [1.82, 2.24) is 10.2 Å². The maximum atomic E-state index is 12.8. The molecule has 19 heavy (non-hydrogen) atoms. The Bertz CT molecular complexity index is 322. The van der Waals surface area contributed by atoms with Crippen LogP contribution in [0.3, 0.4) is 0 Å². The first-order valence-corrected chi connectivity index (χ1v) is 7.88. The molecular weight excluding hydrogens is 236 g/mol. The standard InChI is InChI=1S/C16H30N2O/c1-5-16(10-11-17-12-16)14(19)18(4)13-6-8-15(2,3)9-7-13/h13,17H,5-12H2,1-4H3. The molecule has 2 fully saturated rings. The number of hydrogen-bond donors (Lipinski definition) is 1. The molecule has 0 radical (unpaired) electrons. The third-order valence-corrected chi connectivity index (χ3v) is 5.55. The number of carbonyl (C=O) groups is 1. The Morgan fingerprint density at radius 1 is 1.26 bits per heavy atom. The number of amides is 1. The van der Waals surface area contributed by atoms with E-state index in [4.69, 9.17) is 0 Å². The number of hydrogen-bond acceptors (Lipinski definition) is 2. The van der Waals surface area contributed by atoms with Crippen LogP contribution in [0.1, 0.15) is 59.3 Å². The second-order valence-corrected chi connectivity index (χ2v) is 7.37. The average molecular weight is 266 g/mol. The van der Waals surface area contributed by atoms with Gasteiger partial charge in [-0.2, -0.15) is 0 Å². The monoisotopic (exact) mass is 266 g/mol. The van der Waals surface area contributed by atoms with Crippen LogP contribution in [0.15, 0.2) is 0 Å². The molecule has 0 spiro atoms. The molecular formula is C16H30N2O. The van der Waals surface area contributed by atoms with Gasteiger partial charge >= 0.3 is 0 Å². The Balaban J connectivity index is 1.99. The summed E-state index contributed by atoms with van der Waals surface area (Å²) in [4.78, 5) is 14.9. The van der Waals surface area contributed by atoms with Crippen LogP contribution in [0.4, 0.5) is 0 Å².